The third-order valence-electron chi connectivity index (χ3n) is 7.90. The lowest BCUT2D eigenvalue weighted by atomic mass is 9.77. The van der Waals surface area contributed by atoms with Crippen LogP contribution in [0.1, 0.15) is 44.5 Å². The van der Waals surface area contributed by atoms with Gasteiger partial charge in [-0.2, -0.15) is 4.57 Å². The van der Waals surface area contributed by atoms with Gasteiger partial charge in [-0.3, -0.25) is 4.21 Å². The van der Waals surface area contributed by atoms with Crippen molar-refractivity contribution in [1.29, 1.82) is 0 Å². The van der Waals surface area contributed by atoms with E-state index in [-0.39, 0.29) is 0 Å². The van der Waals surface area contributed by atoms with Gasteiger partial charge in [-0.1, -0.05) is 35.3 Å². The van der Waals surface area contributed by atoms with Crippen LogP contribution < -0.4 is 9.47 Å². The summed E-state index contributed by atoms with van der Waals surface area (Å²) in [4.78, 5) is 5.64. The van der Waals surface area contributed by atoms with E-state index >= 15 is 0 Å². The molecule has 0 bridgehead atoms. The lowest BCUT2D eigenvalue weighted by Gasteiger charge is -2.28. The number of allylic oxidation sites excluding steroid dienone is 6. The molecule has 1 aliphatic heterocycles. The normalized spacial score (nSPS) is 21.5. The highest BCUT2D eigenvalue weighted by atomic mass is 32.2. The summed E-state index contributed by atoms with van der Waals surface area (Å²) in [5.41, 5.74) is 6.77. The number of fused-ring (bicyclic) bond motifs is 3. The summed E-state index contributed by atoms with van der Waals surface area (Å²) in [5, 5.41) is 2.59. The highest BCUT2D eigenvalue weighted by Gasteiger charge is 2.28. The van der Waals surface area contributed by atoms with Crippen LogP contribution in [0.15, 0.2) is 91.1 Å². The van der Waals surface area contributed by atoms with Gasteiger partial charge in [-0.05, 0) is 98.6 Å². The minimum Gasteiger partial charge on any atom is -0.335 e. The van der Waals surface area contributed by atoms with Crippen molar-refractivity contribution in [2.45, 2.75) is 60.8 Å². The van der Waals surface area contributed by atoms with Gasteiger partial charge in [0.15, 0.2) is 0 Å². The number of thiazole rings is 1. The molecule has 0 radical (unpaired) electrons. The maximum absolute atomic E-state index is 12.1. The van der Waals surface area contributed by atoms with Gasteiger partial charge in [-0.25, -0.2) is 0 Å². The van der Waals surface area contributed by atoms with Crippen LogP contribution in [0.4, 0.5) is 5.69 Å². The Morgan fingerprint density at radius 2 is 1.98 bits per heavy atom. The molecule has 1 aromatic heterocycles. The largest absolute Gasteiger partial charge is 0.335 e. The highest BCUT2D eigenvalue weighted by molar-refractivity contribution is 8.03. The zero-order valence-corrected chi connectivity index (χ0v) is 26.7. The molecule has 0 spiro atoms. The molecule has 3 aliphatic rings. The number of nitrogens with zero attached hydrogens (tertiary/aromatic N) is 2. The van der Waals surface area contributed by atoms with Crippen LogP contribution in [-0.2, 0) is 21.5 Å². The van der Waals surface area contributed by atoms with Crippen LogP contribution in [0, 0.1) is 5.92 Å². The third-order valence-corrected chi connectivity index (χ3v) is 11.7. The Balaban J connectivity index is 1.29. The summed E-state index contributed by atoms with van der Waals surface area (Å²) in [5.74, 6) is 0.659. The van der Waals surface area contributed by atoms with Crippen molar-refractivity contribution in [2.75, 3.05) is 24.8 Å². The van der Waals surface area contributed by atoms with E-state index in [4.69, 9.17) is 4.18 Å². The maximum Gasteiger partial charge on any atom is 0.263 e. The summed E-state index contributed by atoms with van der Waals surface area (Å²) in [6.07, 6.45) is 16.2. The van der Waals surface area contributed by atoms with Gasteiger partial charge in [0.1, 0.15) is 11.2 Å². The topological polar surface area (TPSA) is 33.4 Å². The molecule has 2 aliphatic carbocycles. The van der Waals surface area contributed by atoms with E-state index in [9.17, 15) is 4.21 Å². The van der Waals surface area contributed by atoms with E-state index in [2.05, 4.69) is 78.0 Å². The number of aromatic nitrogens is 1. The van der Waals surface area contributed by atoms with Crippen molar-refractivity contribution in [3.05, 3.63) is 81.4 Å². The Morgan fingerprint density at radius 3 is 2.75 bits per heavy atom. The molecule has 2 aromatic carbocycles. The quantitative estimate of drug-likeness (QED) is 0.199. The molecule has 0 amide bonds. The van der Waals surface area contributed by atoms with E-state index in [1.807, 2.05) is 29.2 Å². The lowest BCUT2D eigenvalue weighted by molar-refractivity contribution is -0.665. The van der Waals surface area contributed by atoms with Gasteiger partial charge in [0.25, 0.3) is 5.01 Å². The second-order valence-electron chi connectivity index (χ2n) is 10.3. The molecule has 0 N–H and O–H groups in total. The molecule has 40 heavy (non-hydrogen) atoms. The molecular formula is C32H35N2O2S4+. The van der Waals surface area contributed by atoms with Crippen LogP contribution in [0.3, 0.4) is 0 Å². The van der Waals surface area contributed by atoms with Gasteiger partial charge in [0, 0.05) is 62.5 Å². The molecular weight excluding hydrogens is 573 g/mol. The molecule has 0 saturated heterocycles. The van der Waals surface area contributed by atoms with Crippen LogP contribution in [0.5, 0.6) is 0 Å². The SMILES string of the molecule is CCN1C(=CC2=CC3=CC(=Cc4sc5ccc(SOC)cc5[n+]4CC)CCC3CC2)Sc2ccc(S(C)=O)cc21. The minimum atomic E-state index is -0.974. The second-order valence-corrected chi connectivity index (χ2v) is 14.8. The van der Waals surface area contributed by atoms with Crippen LogP contribution in [0.25, 0.3) is 16.3 Å². The fourth-order valence-electron chi connectivity index (χ4n) is 5.91. The smallest absolute Gasteiger partial charge is 0.263 e. The molecule has 2 heterocycles. The van der Waals surface area contributed by atoms with Gasteiger partial charge in [-0.15, -0.1) is 0 Å². The first kappa shape index (κ1) is 28.0. The van der Waals surface area contributed by atoms with Crippen molar-refractivity contribution in [3.63, 3.8) is 0 Å². The fourth-order valence-corrected chi connectivity index (χ4v) is 9.29. The third kappa shape index (κ3) is 5.53. The van der Waals surface area contributed by atoms with Crippen molar-refractivity contribution < 1.29 is 13.0 Å². The van der Waals surface area contributed by atoms with Crippen molar-refractivity contribution >= 4 is 67.9 Å². The standard InChI is InChI=1S/C32H35N2O2S4/c1-5-33-27-19-25(39-36-3)11-13-29(27)37-31(33)17-21-7-9-23-10-8-22(16-24(23)15-21)18-32-34(6-2)28-20-26(40(4)35)12-14-30(28)38-32/h11-20,23H,5-10H2,1-4H3/q+1. The number of benzene rings is 2. The maximum atomic E-state index is 12.1. The predicted molar refractivity (Wildman–Crippen MR) is 172 cm³/mol. The summed E-state index contributed by atoms with van der Waals surface area (Å²) in [6.45, 7) is 6.26. The van der Waals surface area contributed by atoms with Gasteiger partial charge < -0.3 is 9.08 Å². The monoisotopic (exact) mass is 607 g/mol. The Labute approximate surface area is 252 Å². The Hall–Kier alpha value is -2.10. The number of rotatable bonds is 7. The van der Waals surface area contributed by atoms with E-state index in [1.54, 1.807) is 13.4 Å². The summed E-state index contributed by atoms with van der Waals surface area (Å²) in [6, 6.07) is 12.8. The zero-order valence-electron chi connectivity index (χ0n) is 23.4. The van der Waals surface area contributed by atoms with Crippen molar-refractivity contribution in [2.24, 2.45) is 5.92 Å². The van der Waals surface area contributed by atoms with Gasteiger partial charge in [0.2, 0.25) is 5.52 Å². The average molecular weight is 608 g/mol. The van der Waals surface area contributed by atoms with E-state index in [0.29, 0.717) is 5.92 Å². The number of aryl methyl sites for hydroxylation is 1. The Morgan fingerprint density at radius 1 is 1.12 bits per heavy atom. The highest BCUT2D eigenvalue weighted by Crippen LogP contribution is 2.48. The molecule has 2 atom stereocenters. The molecule has 0 saturated carbocycles. The molecule has 208 valence electrons. The molecule has 3 aromatic rings. The van der Waals surface area contributed by atoms with Crippen molar-refractivity contribution in [3.8, 4) is 0 Å². The van der Waals surface area contributed by atoms with Crippen LogP contribution in [0.2, 0.25) is 0 Å². The zero-order chi connectivity index (χ0) is 27.8. The first-order chi connectivity index (χ1) is 19.5. The summed E-state index contributed by atoms with van der Waals surface area (Å²) < 4.78 is 21.1. The molecule has 4 nitrogen and oxygen atoms in total. The minimum absolute atomic E-state index is 0.659. The number of hydrogen-bond donors (Lipinski definition) is 0. The van der Waals surface area contributed by atoms with Gasteiger partial charge in [0.05, 0.1) is 17.8 Å². The fraction of sp³-hybridized carbons (Fsp3) is 0.344. The van der Waals surface area contributed by atoms with E-state index in [1.165, 1.54) is 72.4 Å². The molecule has 8 heteroatoms. The van der Waals surface area contributed by atoms with E-state index in [0.717, 1.165) is 35.7 Å². The first-order valence-corrected chi connectivity index (χ1v) is 17.8. The molecule has 6 rings (SSSR count). The summed E-state index contributed by atoms with van der Waals surface area (Å²) >= 11 is 5.12. The number of thioether (sulfide) groups is 1. The van der Waals surface area contributed by atoms with Gasteiger partial charge >= 0.3 is 0 Å². The van der Waals surface area contributed by atoms with Crippen LogP contribution >= 0.6 is 35.1 Å². The van der Waals surface area contributed by atoms with E-state index < -0.39 is 10.8 Å². The molecule has 2 unspecified atom stereocenters. The second kappa shape index (κ2) is 12.0. The lowest BCUT2D eigenvalue weighted by Crippen LogP contribution is -2.33. The molecule has 0 fully saturated rings. The Bertz CT molecular complexity index is 1610. The Kier molecular flexibility index (Phi) is 8.43. The first-order valence-electron chi connectivity index (χ1n) is 13.9. The summed E-state index contributed by atoms with van der Waals surface area (Å²) in [7, 11) is 0.743. The average Bonchev–Trinajstić information content (AvgIpc) is 3.48. The van der Waals surface area contributed by atoms with Crippen LogP contribution in [-0.4, -0.2) is 24.1 Å². The number of anilines is 1. The predicted octanol–water partition coefficient (Wildman–Crippen LogP) is 8.51. The number of hydrogen-bond acceptors (Lipinski definition) is 6. The van der Waals surface area contributed by atoms with Crippen molar-refractivity contribution in [1.82, 2.24) is 0 Å².